The smallest absolute Gasteiger partial charge is 0.132 e. The van der Waals surface area contributed by atoms with E-state index in [2.05, 4.69) is 22.0 Å². The van der Waals surface area contributed by atoms with E-state index in [0.29, 0.717) is 18.2 Å². The van der Waals surface area contributed by atoms with Crippen LogP contribution in [0.4, 0.5) is 4.39 Å². The number of nitrogens with zero attached hydrogens (tertiary/aromatic N) is 2. The highest BCUT2D eigenvalue weighted by Gasteiger charge is 2.26. The number of nitrogens with two attached hydrogens (primary N) is 1. The van der Waals surface area contributed by atoms with E-state index in [-0.39, 0.29) is 12.4 Å². The van der Waals surface area contributed by atoms with Crippen molar-refractivity contribution < 1.29 is 4.39 Å². The summed E-state index contributed by atoms with van der Waals surface area (Å²) in [7, 11) is 0. The molecule has 0 radical (unpaired) electrons. The Labute approximate surface area is 124 Å². The maximum atomic E-state index is 14.3. The van der Waals surface area contributed by atoms with Gasteiger partial charge in [-0.3, -0.25) is 9.88 Å². The van der Waals surface area contributed by atoms with Crippen molar-refractivity contribution in [3.05, 3.63) is 65.2 Å². The Balaban J connectivity index is 1.81. The van der Waals surface area contributed by atoms with Crippen molar-refractivity contribution in [2.45, 2.75) is 32.0 Å². The van der Waals surface area contributed by atoms with Crippen molar-refractivity contribution >= 4 is 0 Å². The molecule has 2 aromatic rings. The van der Waals surface area contributed by atoms with Crippen molar-refractivity contribution in [1.29, 1.82) is 0 Å². The molecule has 1 aliphatic heterocycles. The van der Waals surface area contributed by atoms with E-state index in [4.69, 9.17) is 5.73 Å². The number of halogens is 1. The van der Waals surface area contributed by atoms with E-state index >= 15 is 0 Å². The molecule has 1 saturated heterocycles. The van der Waals surface area contributed by atoms with Crippen LogP contribution in [0.1, 0.15) is 35.6 Å². The molecule has 3 nitrogen and oxygen atoms in total. The third-order valence-electron chi connectivity index (χ3n) is 4.21. The van der Waals surface area contributed by atoms with E-state index < -0.39 is 0 Å². The molecule has 0 saturated carbocycles. The predicted molar refractivity (Wildman–Crippen MR) is 80.9 cm³/mol. The topological polar surface area (TPSA) is 42.1 Å². The van der Waals surface area contributed by atoms with Crippen LogP contribution < -0.4 is 5.73 Å². The maximum absolute atomic E-state index is 14.3. The summed E-state index contributed by atoms with van der Waals surface area (Å²) in [6.07, 6.45) is 5.90. The van der Waals surface area contributed by atoms with Crippen molar-refractivity contribution in [3.63, 3.8) is 0 Å². The lowest BCUT2D eigenvalue weighted by Gasteiger charge is -2.25. The van der Waals surface area contributed by atoms with Crippen molar-refractivity contribution in [1.82, 2.24) is 9.88 Å². The van der Waals surface area contributed by atoms with Crippen LogP contribution in [0.2, 0.25) is 0 Å². The molecular formula is C17H20FN3. The summed E-state index contributed by atoms with van der Waals surface area (Å²) in [5.41, 5.74) is 8.17. The first-order valence-corrected chi connectivity index (χ1v) is 7.40. The van der Waals surface area contributed by atoms with Gasteiger partial charge in [-0.1, -0.05) is 18.2 Å². The molecule has 1 aliphatic rings. The molecule has 110 valence electrons. The number of rotatable bonds is 4. The highest BCUT2D eigenvalue weighted by atomic mass is 19.1. The standard InChI is InChI=1S/C17H20FN3/c18-17-14(11-19)3-1-4-15(17)12-21-10-2-5-16(21)13-6-8-20-9-7-13/h1,3-4,6-9,16H,2,5,10-12,19H2. The first-order valence-electron chi connectivity index (χ1n) is 7.40. The van der Waals surface area contributed by atoms with Crippen LogP contribution in [0.5, 0.6) is 0 Å². The molecule has 0 amide bonds. The quantitative estimate of drug-likeness (QED) is 0.939. The minimum absolute atomic E-state index is 0.152. The largest absolute Gasteiger partial charge is 0.326 e. The number of benzene rings is 1. The van der Waals surface area contributed by atoms with Gasteiger partial charge in [-0.25, -0.2) is 4.39 Å². The number of hydrogen-bond acceptors (Lipinski definition) is 3. The van der Waals surface area contributed by atoms with Crippen LogP contribution in [-0.4, -0.2) is 16.4 Å². The van der Waals surface area contributed by atoms with Gasteiger partial charge < -0.3 is 5.73 Å². The van der Waals surface area contributed by atoms with Gasteiger partial charge in [-0.05, 0) is 37.1 Å². The molecule has 2 N–H and O–H groups in total. The molecule has 4 heteroatoms. The Kier molecular flexibility index (Phi) is 4.27. The Hall–Kier alpha value is -1.78. The molecule has 1 aromatic heterocycles. The molecule has 2 heterocycles. The molecule has 0 aliphatic carbocycles. The normalized spacial score (nSPS) is 19.0. The van der Waals surface area contributed by atoms with E-state index in [0.717, 1.165) is 24.9 Å². The van der Waals surface area contributed by atoms with Crippen molar-refractivity contribution in [2.75, 3.05) is 6.54 Å². The summed E-state index contributed by atoms with van der Waals surface area (Å²) < 4.78 is 14.3. The first-order chi connectivity index (χ1) is 10.3. The molecular weight excluding hydrogens is 265 g/mol. The van der Waals surface area contributed by atoms with Crippen LogP contribution in [-0.2, 0) is 13.1 Å². The van der Waals surface area contributed by atoms with Gasteiger partial charge in [0.15, 0.2) is 0 Å². The second kappa shape index (κ2) is 6.33. The fourth-order valence-corrected chi connectivity index (χ4v) is 3.11. The molecule has 1 fully saturated rings. The number of pyridine rings is 1. The molecule has 21 heavy (non-hydrogen) atoms. The van der Waals surface area contributed by atoms with Gasteiger partial charge in [0.2, 0.25) is 0 Å². The maximum Gasteiger partial charge on any atom is 0.132 e. The molecule has 0 bridgehead atoms. The summed E-state index contributed by atoms with van der Waals surface area (Å²) >= 11 is 0. The lowest BCUT2D eigenvalue weighted by Crippen LogP contribution is -2.23. The summed E-state index contributed by atoms with van der Waals surface area (Å²) in [6.45, 7) is 1.87. The number of likely N-dealkylation sites (tertiary alicyclic amines) is 1. The van der Waals surface area contributed by atoms with E-state index in [9.17, 15) is 4.39 Å². The third-order valence-corrected chi connectivity index (χ3v) is 4.21. The van der Waals surface area contributed by atoms with Crippen LogP contribution >= 0.6 is 0 Å². The number of hydrogen-bond donors (Lipinski definition) is 1. The van der Waals surface area contributed by atoms with Crippen molar-refractivity contribution in [3.8, 4) is 0 Å². The average Bonchev–Trinajstić information content (AvgIpc) is 2.98. The van der Waals surface area contributed by atoms with E-state index in [1.54, 1.807) is 6.07 Å². The zero-order valence-corrected chi connectivity index (χ0v) is 12.0. The van der Waals surface area contributed by atoms with Gasteiger partial charge in [-0.15, -0.1) is 0 Å². The molecule has 1 unspecified atom stereocenters. The molecule has 1 atom stereocenters. The summed E-state index contributed by atoms with van der Waals surface area (Å²) in [4.78, 5) is 6.41. The SMILES string of the molecule is NCc1cccc(CN2CCCC2c2ccncc2)c1F. The van der Waals surface area contributed by atoms with Gasteiger partial charge in [0.1, 0.15) is 5.82 Å². The van der Waals surface area contributed by atoms with Gasteiger partial charge in [0, 0.05) is 42.7 Å². The minimum Gasteiger partial charge on any atom is -0.326 e. The van der Waals surface area contributed by atoms with Crippen LogP contribution in [0.25, 0.3) is 0 Å². The minimum atomic E-state index is -0.152. The zero-order chi connectivity index (χ0) is 14.7. The second-order valence-electron chi connectivity index (χ2n) is 5.50. The Morgan fingerprint density at radius 3 is 2.71 bits per heavy atom. The van der Waals surface area contributed by atoms with Gasteiger partial charge >= 0.3 is 0 Å². The third kappa shape index (κ3) is 2.96. The van der Waals surface area contributed by atoms with Crippen LogP contribution in [0.15, 0.2) is 42.7 Å². The fourth-order valence-electron chi connectivity index (χ4n) is 3.11. The summed E-state index contributed by atoms with van der Waals surface area (Å²) in [6, 6.07) is 9.96. The summed E-state index contributed by atoms with van der Waals surface area (Å²) in [5, 5.41) is 0. The molecule has 1 aromatic carbocycles. The number of aromatic nitrogens is 1. The molecule has 3 rings (SSSR count). The zero-order valence-electron chi connectivity index (χ0n) is 12.0. The molecule has 0 spiro atoms. The average molecular weight is 285 g/mol. The van der Waals surface area contributed by atoms with Gasteiger partial charge in [0.25, 0.3) is 0 Å². The second-order valence-corrected chi connectivity index (χ2v) is 5.50. The Bertz CT molecular complexity index is 600. The first kappa shape index (κ1) is 14.2. The van der Waals surface area contributed by atoms with Gasteiger partial charge in [0.05, 0.1) is 0 Å². The van der Waals surface area contributed by atoms with Crippen LogP contribution in [0.3, 0.4) is 0 Å². The fraction of sp³-hybridized carbons (Fsp3) is 0.353. The predicted octanol–water partition coefficient (Wildman–Crippen LogP) is 3.02. The highest BCUT2D eigenvalue weighted by Crippen LogP contribution is 2.33. The summed E-state index contributed by atoms with van der Waals surface area (Å²) in [5.74, 6) is -0.152. The lowest BCUT2D eigenvalue weighted by atomic mass is 10.0. The Morgan fingerprint density at radius 1 is 1.19 bits per heavy atom. The van der Waals surface area contributed by atoms with Crippen molar-refractivity contribution in [2.24, 2.45) is 5.73 Å². The van der Waals surface area contributed by atoms with Gasteiger partial charge in [-0.2, -0.15) is 0 Å². The van der Waals surface area contributed by atoms with E-state index in [1.807, 2.05) is 24.5 Å². The van der Waals surface area contributed by atoms with Crippen LogP contribution in [0, 0.1) is 5.82 Å². The van der Waals surface area contributed by atoms with E-state index in [1.165, 1.54) is 5.56 Å². The Morgan fingerprint density at radius 2 is 1.95 bits per heavy atom. The monoisotopic (exact) mass is 285 g/mol. The lowest BCUT2D eigenvalue weighted by molar-refractivity contribution is 0.245. The highest BCUT2D eigenvalue weighted by molar-refractivity contribution is 5.26.